The van der Waals surface area contributed by atoms with Crippen LogP contribution in [-0.4, -0.2) is 24.9 Å². The Bertz CT molecular complexity index is 992. The predicted octanol–water partition coefficient (Wildman–Crippen LogP) is 3.45. The lowest BCUT2D eigenvalue weighted by molar-refractivity contribution is 1.04. The summed E-state index contributed by atoms with van der Waals surface area (Å²) in [6.45, 7) is 2.04. The maximum Gasteiger partial charge on any atom is 0.182 e. The normalized spacial score (nSPS) is 11.4. The van der Waals surface area contributed by atoms with Gasteiger partial charge in [-0.05, 0) is 36.2 Å². The van der Waals surface area contributed by atoms with Crippen molar-refractivity contribution in [3.8, 4) is 0 Å². The monoisotopic (exact) mass is 309 g/mol. The molecule has 4 rings (SSSR count). The molecule has 0 spiro atoms. The van der Waals surface area contributed by atoms with E-state index in [2.05, 4.69) is 43.1 Å². The molecule has 0 unspecified atom stereocenters. The second-order valence-corrected chi connectivity index (χ2v) is 5.62. The Morgan fingerprint density at radius 2 is 2.05 bits per heavy atom. The van der Waals surface area contributed by atoms with Crippen LogP contribution < -0.4 is 0 Å². The van der Waals surface area contributed by atoms with Crippen LogP contribution in [0.4, 0.5) is 0 Å². The van der Waals surface area contributed by atoms with E-state index in [9.17, 15) is 0 Å². The number of aromatic amines is 1. The highest BCUT2D eigenvalue weighted by atomic mass is 35.5. The topological polar surface area (TPSA) is 67.3 Å². The van der Waals surface area contributed by atoms with Crippen molar-refractivity contribution in [2.45, 2.75) is 13.3 Å². The molecule has 0 aliphatic heterocycles. The molecule has 0 saturated heterocycles. The van der Waals surface area contributed by atoms with E-state index in [1.165, 1.54) is 6.33 Å². The zero-order chi connectivity index (χ0) is 15.1. The molecule has 4 aromatic rings. The van der Waals surface area contributed by atoms with Crippen LogP contribution in [-0.2, 0) is 6.42 Å². The highest BCUT2D eigenvalue weighted by Gasteiger charge is 2.09. The van der Waals surface area contributed by atoms with Gasteiger partial charge in [0.25, 0.3) is 0 Å². The lowest BCUT2D eigenvalue weighted by Gasteiger charge is -2.02. The minimum atomic E-state index is 0.391. The predicted molar refractivity (Wildman–Crippen MR) is 86.0 cm³/mol. The fourth-order valence-electron chi connectivity index (χ4n) is 2.53. The molecule has 108 valence electrons. The van der Waals surface area contributed by atoms with Crippen molar-refractivity contribution < 1.29 is 0 Å². The largest absolute Gasteiger partial charge is 0.338 e. The van der Waals surface area contributed by atoms with Crippen LogP contribution in [0.25, 0.3) is 22.1 Å². The van der Waals surface area contributed by atoms with E-state index < -0.39 is 0 Å². The molecule has 6 heteroatoms. The lowest BCUT2D eigenvalue weighted by Crippen LogP contribution is -1.91. The molecule has 5 nitrogen and oxygen atoms in total. The number of benzene rings is 1. The summed E-state index contributed by atoms with van der Waals surface area (Å²) in [6, 6.07) is 8.35. The Morgan fingerprint density at radius 1 is 1.14 bits per heavy atom. The van der Waals surface area contributed by atoms with Crippen molar-refractivity contribution in [2.75, 3.05) is 0 Å². The van der Waals surface area contributed by atoms with E-state index in [1.54, 1.807) is 0 Å². The number of hydrogen-bond donors (Lipinski definition) is 1. The summed E-state index contributed by atoms with van der Waals surface area (Å²) >= 11 is 6.04. The quantitative estimate of drug-likeness (QED) is 0.576. The average Bonchev–Trinajstić information content (AvgIpc) is 2.91. The minimum Gasteiger partial charge on any atom is -0.338 e. The van der Waals surface area contributed by atoms with Gasteiger partial charge in [0.2, 0.25) is 0 Å². The summed E-state index contributed by atoms with van der Waals surface area (Å²) in [5.74, 6) is 0.817. The Hall–Kier alpha value is -2.53. The van der Waals surface area contributed by atoms with Crippen molar-refractivity contribution in [3.05, 3.63) is 58.9 Å². The van der Waals surface area contributed by atoms with Crippen LogP contribution in [0, 0.1) is 6.92 Å². The van der Waals surface area contributed by atoms with E-state index in [1.807, 2.05) is 19.2 Å². The number of pyridine rings is 1. The van der Waals surface area contributed by atoms with E-state index in [0.29, 0.717) is 22.7 Å². The summed E-state index contributed by atoms with van der Waals surface area (Å²) in [6.07, 6.45) is 3.97. The van der Waals surface area contributed by atoms with Crippen molar-refractivity contribution in [1.29, 1.82) is 0 Å². The summed E-state index contributed by atoms with van der Waals surface area (Å²) in [5, 5.41) is 1.52. The maximum atomic E-state index is 6.04. The highest BCUT2D eigenvalue weighted by Crippen LogP contribution is 2.20. The van der Waals surface area contributed by atoms with Gasteiger partial charge in [0, 0.05) is 18.0 Å². The Labute approximate surface area is 131 Å². The van der Waals surface area contributed by atoms with Gasteiger partial charge in [0.05, 0.1) is 5.52 Å². The maximum absolute atomic E-state index is 6.04. The van der Waals surface area contributed by atoms with Crippen molar-refractivity contribution in [1.82, 2.24) is 24.9 Å². The van der Waals surface area contributed by atoms with Gasteiger partial charge in [-0.3, -0.25) is 4.98 Å². The Balaban J connectivity index is 1.73. The molecule has 1 aromatic carbocycles. The number of imidazole rings is 1. The first kappa shape index (κ1) is 13.2. The van der Waals surface area contributed by atoms with Crippen LogP contribution in [0.2, 0.25) is 5.15 Å². The number of rotatable bonds is 2. The van der Waals surface area contributed by atoms with Gasteiger partial charge >= 0.3 is 0 Å². The molecule has 3 aromatic heterocycles. The fourth-order valence-corrected chi connectivity index (χ4v) is 2.70. The first-order valence-electron chi connectivity index (χ1n) is 6.89. The molecule has 0 bridgehead atoms. The van der Waals surface area contributed by atoms with Gasteiger partial charge in [-0.1, -0.05) is 17.7 Å². The molecule has 0 radical (unpaired) electrons. The van der Waals surface area contributed by atoms with Crippen LogP contribution in [0.15, 0.2) is 36.8 Å². The van der Waals surface area contributed by atoms with Gasteiger partial charge in [-0.25, -0.2) is 15.0 Å². The zero-order valence-electron chi connectivity index (χ0n) is 11.8. The molecule has 3 heterocycles. The average molecular weight is 310 g/mol. The third-order valence-corrected chi connectivity index (χ3v) is 3.83. The van der Waals surface area contributed by atoms with E-state index in [0.717, 1.165) is 27.9 Å². The summed E-state index contributed by atoms with van der Waals surface area (Å²) in [5.41, 5.74) is 4.57. The molecule has 0 atom stereocenters. The van der Waals surface area contributed by atoms with E-state index >= 15 is 0 Å². The number of fused-ring (bicyclic) bond motifs is 2. The van der Waals surface area contributed by atoms with Gasteiger partial charge in [-0.15, -0.1) is 0 Å². The van der Waals surface area contributed by atoms with Crippen molar-refractivity contribution in [2.24, 2.45) is 0 Å². The number of aryl methyl sites for hydroxylation is 1. The smallest absolute Gasteiger partial charge is 0.182 e. The zero-order valence-corrected chi connectivity index (χ0v) is 12.6. The van der Waals surface area contributed by atoms with Crippen LogP contribution in [0.1, 0.15) is 17.0 Å². The second-order valence-electron chi connectivity index (χ2n) is 5.26. The van der Waals surface area contributed by atoms with E-state index in [-0.39, 0.29) is 0 Å². The van der Waals surface area contributed by atoms with Gasteiger partial charge in [-0.2, -0.15) is 0 Å². The first-order chi connectivity index (χ1) is 10.7. The number of H-pyrrole nitrogens is 1. The van der Waals surface area contributed by atoms with Crippen LogP contribution in [0.3, 0.4) is 0 Å². The molecule has 22 heavy (non-hydrogen) atoms. The van der Waals surface area contributed by atoms with Gasteiger partial charge < -0.3 is 4.98 Å². The molecule has 0 aliphatic rings. The Kier molecular flexibility index (Phi) is 3.01. The highest BCUT2D eigenvalue weighted by molar-refractivity contribution is 6.33. The summed E-state index contributed by atoms with van der Waals surface area (Å²) in [4.78, 5) is 20.1. The third kappa shape index (κ3) is 2.29. The number of hydrogen-bond acceptors (Lipinski definition) is 4. The Morgan fingerprint density at radius 3 is 2.91 bits per heavy atom. The van der Waals surface area contributed by atoms with Crippen LogP contribution >= 0.6 is 11.6 Å². The fraction of sp³-hybridized carbons (Fsp3) is 0.125. The third-order valence-electron chi connectivity index (χ3n) is 3.55. The van der Waals surface area contributed by atoms with Crippen LogP contribution in [0.5, 0.6) is 0 Å². The molecular formula is C16H12ClN5. The minimum absolute atomic E-state index is 0.391. The standard InChI is InChI=1S/C16H12ClN5/c1-9-4-11-5-10(2-3-12(11)18-7-9)6-13-21-14-15(17)19-8-20-16(14)22-13/h2-5,7-8H,6H2,1H3,(H,19,20,21,22). The first-order valence-corrected chi connectivity index (χ1v) is 7.27. The molecular weight excluding hydrogens is 298 g/mol. The number of nitrogens with one attached hydrogen (secondary N) is 1. The number of aromatic nitrogens is 5. The summed E-state index contributed by atoms with van der Waals surface area (Å²) in [7, 11) is 0. The van der Waals surface area contributed by atoms with Crippen molar-refractivity contribution >= 4 is 33.7 Å². The van der Waals surface area contributed by atoms with Crippen molar-refractivity contribution in [3.63, 3.8) is 0 Å². The SMILES string of the molecule is Cc1cnc2ccc(Cc3nc4ncnc(Cl)c4[nH]3)cc2c1. The molecule has 0 amide bonds. The molecule has 0 aliphatic carbocycles. The van der Waals surface area contributed by atoms with E-state index in [4.69, 9.17) is 11.6 Å². The summed E-state index contributed by atoms with van der Waals surface area (Å²) < 4.78 is 0. The number of nitrogens with zero attached hydrogens (tertiary/aromatic N) is 4. The molecule has 0 saturated carbocycles. The molecule has 0 fully saturated rings. The molecule has 1 N–H and O–H groups in total. The van der Waals surface area contributed by atoms with Gasteiger partial charge in [0.1, 0.15) is 17.7 Å². The second kappa shape index (κ2) is 5.03. The lowest BCUT2D eigenvalue weighted by atomic mass is 10.1. The number of halogens is 1. The van der Waals surface area contributed by atoms with Gasteiger partial charge in [0.15, 0.2) is 10.8 Å².